The van der Waals surface area contributed by atoms with Crippen LogP contribution in [0.3, 0.4) is 0 Å². The highest BCUT2D eigenvalue weighted by Gasteiger charge is 2.29. The SMILES string of the molecule is Cc1cc(C)cc(NC(=O)c2ccc(S(=O)(=O)N(C)C3CCCCC3)cc2)c1. The number of carbonyl (C=O) groups excluding carboxylic acids is 1. The molecule has 0 bridgehead atoms. The topological polar surface area (TPSA) is 66.5 Å². The number of carbonyl (C=O) groups is 1. The number of hydrogen-bond donors (Lipinski definition) is 1. The van der Waals surface area contributed by atoms with Crippen LogP contribution in [0.5, 0.6) is 0 Å². The molecule has 28 heavy (non-hydrogen) atoms. The molecule has 1 amide bonds. The van der Waals surface area contributed by atoms with Crippen LogP contribution in [0.15, 0.2) is 47.4 Å². The molecule has 1 N–H and O–H groups in total. The Balaban J connectivity index is 1.74. The fourth-order valence-corrected chi connectivity index (χ4v) is 5.25. The van der Waals surface area contributed by atoms with E-state index in [1.807, 2.05) is 32.0 Å². The van der Waals surface area contributed by atoms with Crippen LogP contribution < -0.4 is 5.32 Å². The first-order chi connectivity index (χ1) is 13.3. The van der Waals surface area contributed by atoms with Gasteiger partial charge in [0.2, 0.25) is 10.0 Å². The van der Waals surface area contributed by atoms with Gasteiger partial charge in [0.25, 0.3) is 5.91 Å². The number of sulfonamides is 1. The zero-order valence-corrected chi connectivity index (χ0v) is 17.6. The molecule has 2 aromatic carbocycles. The van der Waals surface area contributed by atoms with E-state index < -0.39 is 10.0 Å². The van der Waals surface area contributed by atoms with Crippen LogP contribution >= 0.6 is 0 Å². The monoisotopic (exact) mass is 400 g/mol. The molecule has 0 heterocycles. The maximum absolute atomic E-state index is 12.9. The molecule has 0 unspecified atom stereocenters. The van der Waals surface area contributed by atoms with Crippen molar-refractivity contribution in [1.29, 1.82) is 0 Å². The number of hydrogen-bond acceptors (Lipinski definition) is 3. The molecule has 0 atom stereocenters. The quantitative estimate of drug-likeness (QED) is 0.803. The minimum absolute atomic E-state index is 0.0614. The number of nitrogens with one attached hydrogen (secondary N) is 1. The van der Waals surface area contributed by atoms with Gasteiger partial charge < -0.3 is 5.32 Å². The van der Waals surface area contributed by atoms with E-state index in [-0.39, 0.29) is 16.8 Å². The third-order valence-corrected chi connectivity index (χ3v) is 7.29. The van der Waals surface area contributed by atoms with Crippen LogP contribution in [0.4, 0.5) is 5.69 Å². The van der Waals surface area contributed by atoms with Gasteiger partial charge in [0.1, 0.15) is 0 Å². The lowest BCUT2D eigenvalue weighted by Crippen LogP contribution is -2.38. The molecule has 1 aliphatic rings. The van der Waals surface area contributed by atoms with Crippen LogP contribution in [-0.4, -0.2) is 31.7 Å². The molecule has 0 saturated heterocycles. The van der Waals surface area contributed by atoms with Crippen molar-refractivity contribution in [2.45, 2.75) is 56.9 Å². The first kappa shape index (κ1) is 20.6. The summed E-state index contributed by atoms with van der Waals surface area (Å²) in [5.41, 5.74) is 3.31. The van der Waals surface area contributed by atoms with E-state index in [4.69, 9.17) is 0 Å². The average molecular weight is 401 g/mol. The van der Waals surface area contributed by atoms with Crippen molar-refractivity contribution < 1.29 is 13.2 Å². The van der Waals surface area contributed by atoms with Crippen molar-refractivity contribution in [3.8, 4) is 0 Å². The summed E-state index contributed by atoms with van der Waals surface area (Å²) in [4.78, 5) is 12.7. The summed E-state index contributed by atoms with van der Waals surface area (Å²) in [5.74, 6) is -0.255. The molecule has 1 fully saturated rings. The van der Waals surface area contributed by atoms with Crippen LogP contribution in [0.1, 0.15) is 53.6 Å². The number of amides is 1. The molecule has 0 aliphatic heterocycles. The van der Waals surface area contributed by atoms with E-state index in [0.29, 0.717) is 5.56 Å². The van der Waals surface area contributed by atoms with Gasteiger partial charge in [-0.15, -0.1) is 0 Å². The summed E-state index contributed by atoms with van der Waals surface area (Å²) < 4.78 is 27.3. The van der Waals surface area contributed by atoms with Crippen molar-refractivity contribution in [1.82, 2.24) is 4.31 Å². The summed E-state index contributed by atoms with van der Waals surface area (Å²) in [5, 5.41) is 2.87. The zero-order valence-electron chi connectivity index (χ0n) is 16.7. The molecular formula is C22H28N2O3S. The molecule has 5 nitrogen and oxygen atoms in total. The predicted molar refractivity (Wildman–Crippen MR) is 112 cm³/mol. The fraction of sp³-hybridized carbons (Fsp3) is 0.409. The van der Waals surface area contributed by atoms with Crippen molar-refractivity contribution in [2.75, 3.05) is 12.4 Å². The Bertz CT molecular complexity index is 926. The van der Waals surface area contributed by atoms with Gasteiger partial charge in [-0.2, -0.15) is 4.31 Å². The number of benzene rings is 2. The highest BCUT2D eigenvalue weighted by molar-refractivity contribution is 7.89. The minimum Gasteiger partial charge on any atom is -0.322 e. The van der Waals surface area contributed by atoms with Crippen molar-refractivity contribution >= 4 is 21.6 Å². The third-order valence-electron chi connectivity index (χ3n) is 5.36. The molecule has 2 aromatic rings. The zero-order chi connectivity index (χ0) is 20.3. The summed E-state index contributed by atoms with van der Waals surface area (Å²) in [6, 6.07) is 12.1. The number of aryl methyl sites for hydroxylation is 2. The standard InChI is InChI=1S/C22H28N2O3S/c1-16-13-17(2)15-19(14-16)23-22(25)18-9-11-21(12-10-18)28(26,27)24(3)20-7-5-4-6-8-20/h9-15,20H,4-8H2,1-3H3,(H,23,25). The van der Waals surface area contributed by atoms with E-state index >= 15 is 0 Å². The smallest absolute Gasteiger partial charge is 0.255 e. The fourth-order valence-electron chi connectivity index (χ4n) is 3.84. The second kappa shape index (κ2) is 8.45. The lowest BCUT2D eigenvalue weighted by atomic mass is 9.96. The Hall–Kier alpha value is -2.18. The van der Waals surface area contributed by atoms with E-state index in [1.54, 1.807) is 19.2 Å². The van der Waals surface area contributed by atoms with Crippen molar-refractivity contribution in [3.05, 3.63) is 59.2 Å². The molecule has 1 saturated carbocycles. The molecule has 0 spiro atoms. The first-order valence-corrected chi connectivity index (χ1v) is 11.2. The van der Waals surface area contributed by atoms with Crippen LogP contribution in [0.25, 0.3) is 0 Å². The maximum atomic E-state index is 12.9. The van der Waals surface area contributed by atoms with Gasteiger partial charge in [0, 0.05) is 24.3 Å². The summed E-state index contributed by atoms with van der Waals surface area (Å²) in [7, 11) is -1.89. The van der Waals surface area contributed by atoms with E-state index in [0.717, 1.165) is 42.5 Å². The van der Waals surface area contributed by atoms with E-state index in [2.05, 4.69) is 5.32 Å². The number of rotatable bonds is 5. The van der Waals surface area contributed by atoms with Crippen molar-refractivity contribution in [3.63, 3.8) is 0 Å². The van der Waals surface area contributed by atoms with Gasteiger partial charge in [0.05, 0.1) is 4.90 Å². The van der Waals surface area contributed by atoms with Gasteiger partial charge in [-0.05, 0) is 74.2 Å². The Kier molecular flexibility index (Phi) is 6.20. The van der Waals surface area contributed by atoms with Gasteiger partial charge in [-0.25, -0.2) is 8.42 Å². The molecule has 6 heteroatoms. The second-order valence-corrected chi connectivity index (χ2v) is 9.67. The van der Waals surface area contributed by atoms with E-state index in [1.165, 1.54) is 22.9 Å². The van der Waals surface area contributed by atoms with Crippen LogP contribution in [-0.2, 0) is 10.0 Å². The second-order valence-electron chi connectivity index (χ2n) is 7.67. The Labute approximate surface area is 167 Å². The maximum Gasteiger partial charge on any atom is 0.255 e. The lowest BCUT2D eigenvalue weighted by Gasteiger charge is -2.30. The molecule has 3 rings (SSSR count). The highest BCUT2D eigenvalue weighted by Crippen LogP contribution is 2.26. The Morgan fingerprint density at radius 1 is 0.964 bits per heavy atom. The lowest BCUT2D eigenvalue weighted by molar-refractivity contribution is 0.102. The van der Waals surface area contributed by atoms with E-state index in [9.17, 15) is 13.2 Å². The summed E-state index contributed by atoms with van der Waals surface area (Å²) in [6.45, 7) is 3.95. The summed E-state index contributed by atoms with van der Waals surface area (Å²) in [6.07, 6.45) is 5.14. The third kappa shape index (κ3) is 4.62. The summed E-state index contributed by atoms with van der Waals surface area (Å²) >= 11 is 0. The Morgan fingerprint density at radius 2 is 1.54 bits per heavy atom. The predicted octanol–water partition coefficient (Wildman–Crippen LogP) is 4.51. The first-order valence-electron chi connectivity index (χ1n) is 9.75. The molecule has 0 aromatic heterocycles. The van der Waals surface area contributed by atoms with Crippen molar-refractivity contribution in [2.24, 2.45) is 0 Å². The van der Waals surface area contributed by atoms with Gasteiger partial charge >= 0.3 is 0 Å². The highest BCUT2D eigenvalue weighted by atomic mass is 32.2. The average Bonchev–Trinajstić information content (AvgIpc) is 2.67. The van der Waals surface area contributed by atoms with Gasteiger partial charge in [0.15, 0.2) is 0 Å². The molecule has 0 radical (unpaired) electrons. The largest absolute Gasteiger partial charge is 0.322 e. The molecule has 150 valence electrons. The van der Waals surface area contributed by atoms with Gasteiger partial charge in [-0.3, -0.25) is 4.79 Å². The minimum atomic E-state index is -3.55. The normalized spacial score (nSPS) is 15.6. The molecular weight excluding hydrogens is 372 g/mol. The number of anilines is 1. The molecule has 1 aliphatic carbocycles. The number of nitrogens with zero attached hydrogens (tertiary/aromatic N) is 1. The van der Waals surface area contributed by atoms with Crippen LogP contribution in [0, 0.1) is 13.8 Å². The van der Waals surface area contributed by atoms with Crippen LogP contribution in [0.2, 0.25) is 0 Å². The van der Waals surface area contributed by atoms with Gasteiger partial charge in [-0.1, -0.05) is 25.3 Å². The Morgan fingerprint density at radius 3 is 2.11 bits per heavy atom.